The van der Waals surface area contributed by atoms with E-state index in [2.05, 4.69) is 0 Å². The summed E-state index contributed by atoms with van der Waals surface area (Å²) in [6.07, 6.45) is -5.06. The zero-order valence-corrected chi connectivity index (χ0v) is 13.1. The van der Waals surface area contributed by atoms with E-state index in [0.29, 0.717) is 6.07 Å². The van der Waals surface area contributed by atoms with E-state index in [1.807, 2.05) is 0 Å². The first-order valence-corrected chi connectivity index (χ1v) is 7.01. The fourth-order valence-corrected chi connectivity index (χ4v) is 2.09. The van der Waals surface area contributed by atoms with Gasteiger partial charge in [0, 0.05) is 0 Å². The Labute approximate surface area is 146 Å². The molecule has 0 fully saturated rings. The summed E-state index contributed by atoms with van der Waals surface area (Å²) in [6.45, 7) is 0. The van der Waals surface area contributed by atoms with E-state index in [4.69, 9.17) is 11.6 Å². The summed E-state index contributed by atoms with van der Waals surface area (Å²) in [5.41, 5.74) is -3.44. The van der Waals surface area contributed by atoms with Crippen LogP contribution in [0, 0.1) is 17.5 Å². The van der Waals surface area contributed by atoms with Crippen molar-refractivity contribution in [2.75, 3.05) is 5.32 Å². The van der Waals surface area contributed by atoms with E-state index in [0.717, 1.165) is 18.2 Å². The van der Waals surface area contributed by atoms with E-state index in [1.54, 1.807) is 5.32 Å². The molecule has 2 rings (SSSR count). The van der Waals surface area contributed by atoms with Crippen LogP contribution in [-0.2, 0) is 6.18 Å². The van der Waals surface area contributed by atoms with Crippen LogP contribution in [0.5, 0.6) is 0 Å². The van der Waals surface area contributed by atoms with Crippen LogP contribution < -0.4 is 10.6 Å². The van der Waals surface area contributed by atoms with Gasteiger partial charge in [0.1, 0.15) is 23.0 Å². The molecule has 2 aromatic rings. The number of anilines is 1. The lowest BCUT2D eigenvalue weighted by molar-refractivity contribution is -0.139. The zero-order chi connectivity index (χ0) is 19.6. The third-order valence-electron chi connectivity index (χ3n) is 3.03. The normalized spacial score (nSPS) is 11.2. The Kier molecular flexibility index (Phi) is 5.45. The minimum Gasteiger partial charge on any atom is -0.306 e. The molecule has 0 radical (unpaired) electrons. The topological polar surface area (TPSA) is 58.2 Å². The molecular weight excluding hydrogens is 390 g/mol. The highest BCUT2D eigenvalue weighted by molar-refractivity contribution is 6.33. The lowest BCUT2D eigenvalue weighted by Gasteiger charge is -2.13. The van der Waals surface area contributed by atoms with Crippen molar-refractivity contribution in [3.05, 3.63) is 63.9 Å². The van der Waals surface area contributed by atoms with Crippen molar-refractivity contribution in [3.8, 4) is 0 Å². The smallest absolute Gasteiger partial charge is 0.306 e. The van der Waals surface area contributed by atoms with Gasteiger partial charge in [-0.05, 0) is 24.3 Å². The van der Waals surface area contributed by atoms with Gasteiger partial charge in [0.15, 0.2) is 0 Å². The minimum atomic E-state index is -5.06. The third-order valence-corrected chi connectivity index (χ3v) is 3.34. The predicted octanol–water partition coefficient (Wildman–Crippen LogP) is 4.74. The summed E-state index contributed by atoms with van der Waals surface area (Å²) in [6, 6.07) is 1.62. The Morgan fingerprint density at radius 1 is 0.962 bits per heavy atom. The Morgan fingerprint density at radius 3 is 2.08 bits per heavy atom. The minimum absolute atomic E-state index is 0.214. The highest BCUT2D eigenvalue weighted by Crippen LogP contribution is 2.36. The van der Waals surface area contributed by atoms with Crippen molar-refractivity contribution in [2.45, 2.75) is 6.18 Å². The second-order valence-electron chi connectivity index (χ2n) is 4.81. The number of nitrogens with one attached hydrogen (secondary N) is 2. The van der Waals surface area contributed by atoms with Crippen LogP contribution in [0.15, 0.2) is 30.3 Å². The van der Waals surface area contributed by atoms with Gasteiger partial charge in [-0.1, -0.05) is 17.7 Å². The molecule has 0 aliphatic heterocycles. The van der Waals surface area contributed by atoms with Crippen LogP contribution in [0.2, 0.25) is 5.02 Å². The van der Waals surface area contributed by atoms with Crippen LogP contribution in [0.25, 0.3) is 0 Å². The van der Waals surface area contributed by atoms with E-state index < -0.39 is 57.4 Å². The first kappa shape index (κ1) is 19.6. The Bertz CT molecular complexity index is 865. The maximum Gasteiger partial charge on any atom is 0.419 e. The van der Waals surface area contributed by atoms with Gasteiger partial charge in [-0.15, -0.1) is 0 Å². The van der Waals surface area contributed by atoms with Gasteiger partial charge in [0.05, 0.1) is 16.3 Å². The monoisotopic (exact) mass is 396 g/mol. The van der Waals surface area contributed by atoms with E-state index in [1.165, 1.54) is 5.32 Å². The second-order valence-corrected chi connectivity index (χ2v) is 5.22. The van der Waals surface area contributed by atoms with Crippen LogP contribution in [0.4, 0.5) is 36.8 Å². The van der Waals surface area contributed by atoms with E-state index >= 15 is 0 Å². The number of rotatable bonds is 2. The third kappa shape index (κ3) is 4.26. The molecule has 0 aromatic heterocycles. The fraction of sp³-hybridized carbons (Fsp3) is 0.0667. The summed E-state index contributed by atoms with van der Waals surface area (Å²) in [7, 11) is 0. The zero-order valence-electron chi connectivity index (χ0n) is 12.3. The molecule has 0 bridgehead atoms. The molecule has 2 N–H and O–H groups in total. The Morgan fingerprint density at radius 2 is 1.54 bits per heavy atom. The number of benzene rings is 2. The largest absolute Gasteiger partial charge is 0.419 e. The molecule has 0 saturated heterocycles. The highest BCUT2D eigenvalue weighted by Gasteiger charge is 2.35. The summed E-state index contributed by atoms with van der Waals surface area (Å²) in [5, 5.41) is 2.71. The molecule has 0 heterocycles. The van der Waals surface area contributed by atoms with Crippen molar-refractivity contribution in [1.29, 1.82) is 0 Å². The van der Waals surface area contributed by atoms with Gasteiger partial charge in [0.2, 0.25) is 0 Å². The van der Waals surface area contributed by atoms with Gasteiger partial charge in [-0.25, -0.2) is 18.0 Å². The highest BCUT2D eigenvalue weighted by atomic mass is 35.5. The number of imide groups is 1. The standard InChI is InChI=1S/C15H7ClF6N2O2/c16-7-5-10(19)6(15(20,21)22)4-11(7)23-14(26)24-13(25)12-8(17)2-1-3-9(12)18/h1-5H,(H2,23,24,25,26). The van der Waals surface area contributed by atoms with Crippen LogP contribution >= 0.6 is 11.6 Å². The SMILES string of the molecule is O=C(NC(=O)c1c(F)cccc1F)Nc1cc(C(F)(F)F)c(F)cc1Cl. The molecule has 0 spiro atoms. The lowest BCUT2D eigenvalue weighted by atomic mass is 10.1. The molecule has 4 nitrogen and oxygen atoms in total. The quantitative estimate of drug-likeness (QED) is 0.720. The van der Waals surface area contributed by atoms with Gasteiger partial charge in [-0.3, -0.25) is 10.1 Å². The number of carbonyl (C=O) groups is 2. The maximum absolute atomic E-state index is 13.5. The van der Waals surface area contributed by atoms with Crippen LogP contribution in [-0.4, -0.2) is 11.9 Å². The predicted molar refractivity (Wildman–Crippen MR) is 79.3 cm³/mol. The molecule has 26 heavy (non-hydrogen) atoms. The summed E-state index contributed by atoms with van der Waals surface area (Å²) >= 11 is 5.54. The molecule has 11 heteroatoms. The number of urea groups is 1. The maximum atomic E-state index is 13.5. The van der Waals surface area contributed by atoms with E-state index in [9.17, 15) is 35.9 Å². The van der Waals surface area contributed by atoms with Crippen molar-refractivity contribution in [2.24, 2.45) is 0 Å². The van der Waals surface area contributed by atoms with Crippen molar-refractivity contribution in [3.63, 3.8) is 0 Å². The molecular formula is C15H7ClF6N2O2. The van der Waals surface area contributed by atoms with Crippen LogP contribution in [0.3, 0.4) is 0 Å². The average Bonchev–Trinajstić information content (AvgIpc) is 2.48. The van der Waals surface area contributed by atoms with Gasteiger partial charge < -0.3 is 5.32 Å². The van der Waals surface area contributed by atoms with Crippen molar-refractivity contribution in [1.82, 2.24) is 5.32 Å². The van der Waals surface area contributed by atoms with Crippen LogP contribution in [0.1, 0.15) is 15.9 Å². The first-order chi connectivity index (χ1) is 12.0. The summed E-state index contributed by atoms with van der Waals surface area (Å²) in [4.78, 5) is 23.4. The molecule has 138 valence electrons. The molecule has 3 amide bonds. The van der Waals surface area contributed by atoms with Crippen molar-refractivity contribution >= 4 is 29.2 Å². The van der Waals surface area contributed by atoms with Crippen molar-refractivity contribution < 1.29 is 35.9 Å². The Balaban J connectivity index is 2.22. The molecule has 0 aliphatic carbocycles. The van der Waals surface area contributed by atoms with Gasteiger partial charge in [0.25, 0.3) is 5.91 Å². The number of amides is 3. The van der Waals surface area contributed by atoms with Gasteiger partial charge >= 0.3 is 12.2 Å². The number of hydrogen-bond donors (Lipinski definition) is 2. The Hall–Kier alpha value is -2.75. The molecule has 0 aliphatic rings. The summed E-state index contributed by atoms with van der Waals surface area (Å²) in [5.74, 6) is -5.66. The first-order valence-electron chi connectivity index (χ1n) is 6.63. The molecule has 0 atom stereocenters. The number of alkyl halides is 3. The molecule has 2 aromatic carbocycles. The molecule has 0 unspecified atom stereocenters. The second kappa shape index (κ2) is 7.24. The van der Waals surface area contributed by atoms with Gasteiger partial charge in [-0.2, -0.15) is 13.2 Å². The number of halogens is 7. The number of hydrogen-bond acceptors (Lipinski definition) is 2. The number of carbonyl (C=O) groups excluding carboxylic acids is 2. The fourth-order valence-electron chi connectivity index (χ4n) is 1.90. The lowest BCUT2D eigenvalue weighted by Crippen LogP contribution is -2.35. The summed E-state index contributed by atoms with van der Waals surface area (Å²) < 4.78 is 78.2. The average molecular weight is 397 g/mol. The van der Waals surface area contributed by atoms with E-state index in [-0.39, 0.29) is 6.07 Å². The molecule has 0 saturated carbocycles.